The first-order valence-electron chi connectivity index (χ1n) is 7.75. The normalized spacial score (nSPS) is 20.2. The summed E-state index contributed by atoms with van der Waals surface area (Å²) in [5.74, 6) is -0.606. The highest BCUT2D eigenvalue weighted by molar-refractivity contribution is 6.32. The molecule has 0 saturated carbocycles. The Kier molecular flexibility index (Phi) is 6.07. The van der Waals surface area contributed by atoms with Gasteiger partial charge in [0.05, 0.1) is 12.5 Å². The van der Waals surface area contributed by atoms with Gasteiger partial charge in [0.2, 0.25) is 0 Å². The van der Waals surface area contributed by atoms with Crippen molar-refractivity contribution in [2.75, 3.05) is 20.3 Å². The van der Waals surface area contributed by atoms with Gasteiger partial charge in [-0.05, 0) is 43.5 Å². The molecule has 6 nitrogen and oxygen atoms in total. The SMILES string of the molecule is COC1CC(CC(=O)O)N(C(=O)COc2cc(C)c(Cl)c(C)c2)C1. The van der Waals surface area contributed by atoms with Gasteiger partial charge in [0, 0.05) is 24.7 Å². The molecule has 0 bridgehead atoms. The third kappa shape index (κ3) is 4.39. The topological polar surface area (TPSA) is 76.1 Å². The summed E-state index contributed by atoms with van der Waals surface area (Å²) in [7, 11) is 1.56. The van der Waals surface area contributed by atoms with Gasteiger partial charge in [-0.3, -0.25) is 9.59 Å². The van der Waals surface area contributed by atoms with E-state index in [1.54, 1.807) is 19.2 Å². The maximum Gasteiger partial charge on any atom is 0.305 e. The summed E-state index contributed by atoms with van der Waals surface area (Å²) in [6.45, 7) is 3.98. The minimum absolute atomic E-state index is 0.0925. The summed E-state index contributed by atoms with van der Waals surface area (Å²) in [6, 6.07) is 3.19. The van der Waals surface area contributed by atoms with Gasteiger partial charge in [0.1, 0.15) is 5.75 Å². The maximum atomic E-state index is 12.4. The third-order valence-electron chi connectivity index (χ3n) is 4.21. The number of likely N-dealkylation sites (tertiary alicyclic amines) is 1. The van der Waals surface area contributed by atoms with Crippen molar-refractivity contribution in [3.8, 4) is 5.75 Å². The fourth-order valence-electron chi connectivity index (χ4n) is 2.96. The van der Waals surface area contributed by atoms with E-state index in [-0.39, 0.29) is 31.1 Å². The van der Waals surface area contributed by atoms with E-state index in [1.807, 2.05) is 13.8 Å². The van der Waals surface area contributed by atoms with Crippen molar-refractivity contribution in [1.29, 1.82) is 0 Å². The molecule has 132 valence electrons. The van der Waals surface area contributed by atoms with E-state index < -0.39 is 5.97 Å². The van der Waals surface area contributed by atoms with Crippen molar-refractivity contribution >= 4 is 23.5 Å². The van der Waals surface area contributed by atoms with Crippen molar-refractivity contribution in [3.05, 3.63) is 28.3 Å². The number of hydrogen-bond acceptors (Lipinski definition) is 4. The second-order valence-corrected chi connectivity index (χ2v) is 6.43. The molecule has 1 amide bonds. The zero-order valence-electron chi connectivity index (χ0n) is 14.0. The molecule has 1 heterocycles. The van der Waals surface area contributed by atoms with Crippen LogP contribution in [0, 0.1) is 13.8 Å². The Balaban J connectivity index is 2.01. The molecule has 1 saturated heterocycles. The van der Waals surface area contributed by atoms with Gasteiger partial charge in [-0.1, -0.05) is 11.6 Å². The average molecular weight is 356 g/mol. The molecule has 0 aliphatic carbocycles. The number of halogens is 1. The molecule has 1 aromatic rings. The standard InChI is InChI=1S/C17H22ClNO5/c1-10-4-13(5-11(2)17(10)18)24-9-15(20)19-8-14(23-3)6-12(19)7-16(21)22/h4-5,12,14H,6-9H2,1-3H3,(H,21,22). The summed E-state index contributed by atoms with van der Waals surface area (Å²) in [4.78, 5) is 25.0. The number of carboxylic acids is 1. The predicted octanol–water partition coefficient (Wildman–Crippen LogP) is 2.43. The summed E-state index contributed by atoms with van der Waals surface area (Å²) in [5, 5.41) is 9.68. The fraction of sp³-hybridized carbons (Fsp3) is 0.529. The molecule has 2 atom stereocenters. The lowest BCUT2D eigenvalue weighted by atomic mass is 10.1. The first-order valence-corrected chi connectivity index (χ1v) is 8.13. The number of aryl methyl sites for hydroxylation is 2. The van der Waals surface area contributed by atoms with Crippen LogP contribution in [0.1, 0.15) is 24.0 Å². The number of methoxy groups -OCH3 is 1. The van der Waals surface area contributed by atoms with E-state index in [9.17, 15) is 9.59 Å². The van der Waals surface area contributed by atoms with Crippen LogP contribution in [0.5, 0.6) is 5.75 Å². The third-order valence-corrected chi connectivity index (χ3v) is 4.81. The second kappa shape index (κ2) is 7.85. The van der Waals surface area contributed by atoms with Crippen LogP contribution in [0.15, 0.2) is 12.1 Å². The van der Waals surface area contributed by atoms with Gasteiger partial charge in [-0.25, -0.2) is 0 Å². The van der Waals surface area contributed by atoms with Crippen LogP contribution in [-0.2, 0) is 14.3 Å². The van der Waals surface area contributed by atoms with Gasteiger partial charge in [-0.2, -0.15) is 0 Å². The van der Waals surface area contributed by atoms with Crippen LogP contribution in [0.4, 0.5) is 0 Å². The highest BCUT2D eigenvalue weighted by atomic mass is 35.5. The number of aliphatic carboxylic acids is 1. The smallest absolute Gasteiger partial charge is 0.305 e. The molecule has 24 heavy (non-hydrogen) atoms. The first kappa shape index (κ1) is 18.5. The van der Waals surface area contributed by atoms with Gasteiger partial charge in [0.25, 0.3) is 5.91 Å². The molecule has 2 rings (SSSR count). The fourth-order valence-corrected chi connectivity index (χ4v) is 3.07. The lowest BCUT2D eigenvalue weighted by molar-refractivity contribution is -0.140. The summed E-state index contributed by atoms with van der Waals surface area (Å²) < 4.78 is 10.8. The number of nitrogens with zero attached hydrogens (tertiary/aromatic N) is 1. The number of hydrogen-bond donors (Lipinski definition) is 1. The van der Waals surface area contributed by atoms with Gasteiger partial charge in [-0.15, -0.1) is 0 Å². The van der Waals surface area contributed by atoms with Crippen molar-refractivity contribution in [2.45, 2.75) is 38.8 Å². The maximum absolute atomic E-state index is 12.4. The number of carbonyl (C=O) groups excluding carboxylic acids is 1. The van der Waals surface area contributed by atoms with E-state index in [4.69, 9.17) is 26.2 Å². The Labute approximate surface area is 146 Å². The van der Waals surface area contributed by atoms with E-state index in [1.165, 1.54) is 4.90 Å². The van der Waals surface area contributed by atoms with Gasteiger partial charge >= 0.3 is 5.97 Å². The Bertz CT molecular complexity index is 610. The van der Waals surface area contributed by atoms with Crippen LogP contribution in [0.2, 0.25) is 5.02 Å². The highest BCUT2D eigenvalue weighted by Gasteiger charge is 2.36. The van der Waals surface area contributed by atoms with Crippen LogP contribution in [0.25, 0.3) is 0 Å². The minimum Gasteiger partial charge on any atom is -0.484 e. The molecule has 0 spiro atoms. The number of amides is 1. The van der Waals surface area contributed by atoms with Gasteiger partial charge in [0.15, 0.2) is 6.61 Å². The predicted molar refractivity (Wildman–Crippen MR) is 89.6 cm³/mol. The molecule has 2 unspecified atom stereocenters. The molecular weight excluding hydrogens is 334 g/mol. The zero-order chi connectivity index (χ0) is 17.9. The summed E-state index contributed by atoms with van der Waals surface area (Å²) in [5.41, 5.74) is 1.76. The van der Waals surface area contributed by atoms with Crippen molar-refractivity contribution in [3.63, 3.8) is 0 Å². The highest BCUT2D eigenvalue weighted by Crippen LogP contribution is 2.26. The Morgan fingerprint density at radius 1 is 1.33 bits per heavy atom. The summed E-state index contributed by atoms with van der Waals surface area (Å²) in [6.07, 6.45) is 0.289. The molecule has 1 aromatic carbocycles. The van der Waals surface area contributed by atoms with E-state index in [2.05, 4.69) is 0 Å². The molecule has 1 fully saturated rings. The van der Waals surface area contributed by atoms with E-state index >= 15 is 0 Å². The van der Waals surface area contributed by atoms with Crippen molar-refractivity contribution in [2.24, 2.45) is 0 Å². The Hall–Kier alpha value is -1.79. The zero-order valence-corrected chi connectivity index (χ0v) is 14.8. The molecule has 0 aromatic heterocycles. The molecule has 0 radical (unpaired) electrons. The lowest BCUT2D eigenvalue weighted by Gasteiger charge is -2.23. The average Bonchev–Trinajstić information content (AvgIpc) is 2.92. The number of carbonyl (C=O) groups is 2. The van der Waals surface area contributed by atoms with Crippen molar-refractivity contribution < 1.29 is 24.2 Å². The molecule has 7 heteroatoms. The second-order valence-electron chi connectivity index (χ2n) is 6.05. The number of ether oxygens (including phenoxy) is 2. The molecule has 1 aliphatic rings. The van der Waals surface area contributed by atoms with Crippen LogP contribution < -0.4 is 4.74 Å². The minimum atomic E-state index is -0.931. The lowest BCUT2D eigenvalue weighted by Crippen LogP contribution is -2.40. The van der Waals surface area contributed by atoms with Gasteiger partial charge < -0.3 is 19.5 Å². The quantitative estimate of drug-likeness (QED) is 0.848. The van der Waals surface area contributed by atoms with E-state index in [0.717, 1.165) is 11.1 Å². The van der Waals surface area contributed by atoms with Crippen molar-refractivity contribution in [1.82, 2.24) is 4.90 Å². The number of rotatable bonds is 6. The van der Waals surface area contributed by atoms with Crippen LogP contribution in [-0.4, -0.2) is 54.3 Å². The van der Waals surface area contributed by atoms with E-state index in [0.29, 0.717) is 23.7 Å². The van der Waals surface area contributed by atoms with Crippen LogP contribution >= 0.6 is 11.6 Å². The number of benzene rings is 1. The molecule has 1 N–H and O–H groups in total. The molecular formula is C17H22ClNO5. The largest absolute Gasteiger partial charge is 0.484 e. The Morgan fingerprint density at radius 2 is 1.96 bits per heavy atom. The Morgan fingerprint density at radius 3 is 2.50 bits per heavy atom. The first-order chi connectivity index (χ1) is 11.3. The molecule has 1 aliphatic heterocycles. The number of carboxylic acid groups (broad SMARTS) is 1. The monoisotopic (exact) mass is 355 g/mol. The van der Waals surface area contributed by atoms with Crippen LogP contribution in [0.3, 0.4) is 0 Å². The summed E-state index contributed by atoms with van der Waals surface area (Å²) >= 11 is 6.12.